The van der Waals surface area contributed by atoms with E-state index in [2.05, 4.69) is 15.2 Å². The van der Waals surface area contributed by atoms with Crippen molar-refractivity contribution in [3.8, 4) is 0 Å². The number of hydrogen-bond acceptors (Lipinski definition) is 4. The average molecular weight is 260 g/mol. The number of pyridine rings is 1. The molecule has 2 aliphatic rings. The number of piperazine rings is 1. The maximum absolute atomic E-state index is 12.0. The molecule has 5 nitrogen and oxygen atoms in total. The predicted octanol–water partition coefficient (Wildman–Crippen LogP) is 0.482. The number of nitrogens with one attached hydrogen (secondary N) is 1. The second-order valence-electron chi connectivity index (χ2n) is 5.21. The monoisotopic (exact) mass is 260 g/mol. The van der Waals surface area contributed by atoms with Gasteiger partial charge in [-0.2, -0.15) is 0 Å². The van der Waals surface area contributed by atoms with Crippen molar-refractivity contribution >= 4 is 11.7 Å². The van der Waals surface area contributed by atoms with Crippen LogP contribution in [0.4, 0.5) is 5.82 Å². The molecular weight excluding hydrogens is 240 g/mol. The highest BCUT2D eigenvalue weighted by Gasteiger charge is 2.25. The van der Waals surface area contributed by atoms with Gasteiger partial charge in [-0.15, -0.1) is 0 Å². The zero-order valence-electron chi connectivity index (χ0n) is 11.1. The number of carbonyl (C=O) groups excluding carboxylic acids is 1. The molecule has 2 fully saturated rings. The maximum Gasteiger partial charge on any atom is 0.236 e. The Kier molecular flexibility index (Phi) is 3.64. The molecule has 1 aromatic heterocycles. The number of aromatic nitrogens is 1. The molecule has 5 heteroatoms. The maximum atomic E-state index is 12.0. The summed E-state index contributed by atoms with van der Waals surface area (Å²) in [6.45, 7) is 3.82. The number of rotatable bonds is 4. The van der Waals surface area contributed by atoms with Crippen molar-refractivity contribution in [2.24, 2.45) is 0 Å². The number of amides is 1. The summed E-state index contributed by atoms with van der Waals surface area (Å²) >= 11 is 0. The van der Waals surface area contributed by atoms with Crippen LogP contribution < -0.4 is 10.2 Å². The zero-order chi connectivity index (χ0) is 13.1. The summed E-state index contributed by atoms with van der Waals surface area (Å²) in [5.74, 6) is 1.23. The van der Waals surface area contributed by atoms with E-state index in [-0.39, 0.29) is 5.91 Å². The molecule has 0 spiro atoms. The molecule has 3 rings (SSSR count). The highest BCUT2D eigenvalue weighted by Crippen LogP contribution is 2.18. The first-order chi connectivity index (χ1) is 9.33. The van der Waals surface area contributed by atoms with E-state index in [1.54, 1.807) is 0 Å². The van der Waals surface area contributed by atoms with Crippen molar-refractivity contribution in [1.29, 1.82) is 0 Å². The average Bonchev–Trinajstić information content (AvgIpc) is 3.30. The zero-order valence-corrected chi connectivity index (χ0v) is 11.1. The van der Waals surface area contributed by atoms with Gasteiger partial charge in [-0.1, -0.05) is 6.07 Å². The summed E-state index contributed by atoms with van der Waals surface area (Å²) in [6.07, 6.45) is 4.26. The van der Waals surface area contributed by atoms with Gasteiger partial charge in [-0.3, -0.25) is 4.79 Å². The first kappa shape index (κ1) is 12.4. The summed E-state index contributed by atoms with van der Waals surface area (Å²) in [5, 5.41) is 3.28. The molecule has 0 radical (unpaired) electrons. The smallest absolute Gasteiger partial charge is 0.236 e. The van der Waals surface area contributed by atoms with Crippen LogP contribution in [0, 0.1) is 0 Å². The summed E-state index contributed by atoms with van der Waals surface area (Å²) in [6, 6.07) is 6.54. The Hall–Kier alpha value is -1.62. The standard InChI is InChI=1S/C14H20N4O/c19-14(11-16-12-4-5-12)18-9-7-17(8-10-18)13-3-1-2-6-15-13/h1-3,6,12,16H,4-5,7-11H2. The van der Waals surface area contributed by atoms with Crippen LogP contribution >= 0.6 is 0 Å². The van der Waals surface area contributed by atoms with Crippen molar-refractivity contribution in [1.82, 2.24) is 15.2 Å². The SMILES string of the molecule is O=C(CNC1CC1)N1CCN(c2ccccn2)CC1. The molecule has 1 amide bonds. The lowest BCUT2D eigenvalue weighted by Crippen LogP contribution is -2.51. The molecule has 1 saturated carbocycles. The number of hydrogen-bond donors (Lipinski definition) is 1. The minimum Gasteiger partial charge on any atom is -0.353 e. The minimum absolute atomic E-state index is 0.229. The van der Waals surface area contributed by atoms with Gasteiger partial charge in [0.15, 0.2) is 0 Å². The lowest BCUT2D eigenvalue weighted by atomic mass is 10.3. The van der Waals surface area contributed by atoms with Gasteiger partial charge in [0.05, 0.1) is 6.54 Å². The summed E-state index contributed by atoms with van der Waals surface area (Å²) in [7, 11) is 0. The Morgan fingerprint density at radius 1 is 1.26 bits per heavy atom. The van der Waals surface area contributed by atoms with E-state index in [0.717, 1.165) is 32.0 Å². The highest BCUT2D eigenvalue weighted by atomic mass is 16.2. The molecule has 1 aromatic rings. The first-order valence-electron chi connectivity index (χ1n) is 7.00. The van der Waals surface area contributed by atoms with E-state index < -0.39 is 0 Å². The second-order valence-corrected chi connectivity index (χ2v) is 5.21. The van der Waals surface area contributed by atoms with Crippen LogP contribution in [0.1, 0.15) is 12.8 Å². The van der Waals surface area contributed by atoms with Gasteiger partial charge in [0.2, 0.25) is 5.91 Å². The van der Waals surface area contributed by atoms with Gasteiger partial charge >= 0.3 is 0 Å². The summed E-state index contributed by atoms with van der Waals surface area (Å²) in [5.41, 5.74) is 0. The lowest BCUT2D eigenvalue weighted by Gasteiger charge is -2.35. The van der Waals surface area contributed by atoms with E-state index in [4.69, 9.17) is 0 Å². The van der Waals surface area contributed by atoms with Gasteiger partial charge < -0.3 is 15.1 Å². The number of carbonyl (C=O) groups is 1. The number of nitrogens with zero attached hydrogens (tertiary/aromatic N) is 3. The van der Waals surface area contributed by atoms with Crippen LogP contribution in [-0.4, -0.2) is 54.6 Å². The Labute approximate surface area is 113 Å². The van der Waals surface area contributed by atoms with Crippen LogP contribution in [0.2, 0.25) is 0 Å². The minimum atomic E-state index is 0.229. The quantitative estimate of drug-likeness (QED) is 0.855. The third-order valence-electron chi connectivity index (χ3n) is 3.72. The topological polar surface area (TPSA) is 48.5 Å². The third-order valence-corrected chi connectivity index (χ3v) is 3.72. The molecule has 1 N–H and O–H groups in total. The molecule has 1 aliphatic carbocycles. The fraction of sp³-hybridized carbons (Fsp3) is 0.571. The van der Waals surface area contributed by atoms with Gasteiger partial charge in [-0.05, 0) is 25.0 Å². The van der Waals surface area contributed by atoms with Crippen LogP contribution in [-0.2, 0) is 4.79 Å². The van der Waals surface area contributed by atoms with Crippen LogP contribution in [0.3, 0.4) is 0 Å². The highest BCUT2D eigenvalue weighted by molar-refractivity contribution is 5.78. The Bertz CT molecular complexity index is 424. The largest absolute Gasteiger partial charge is 0.353 e. The molecule has 2 heterocycles. The van der Waals surface area contributed by atoms with Crippen molar-refractivity contribution in [2.75, 3.05) is 37.6 Å². The van der Waals surface area contributed by atoms with Gasteiger partial charge in [-0.25, -0.2) is 4.98 Å². The molecular formula is C14H20N4O. The van der Waals surface area contributed by atoms with Crippen LogP contribution in [0.15, 0.2) is 24.4 Å². The third kappa shape index (κ3) is 3.23. The molecule has 102 valence electrons. The fourth-order valence-electron chi connectivity index (χ4n) is 2.36. The second kappa shape index (κ2) is 5.57. The molecule has 0 unspecified atom stereocenters. The van der Waals surface area contributed by atoms with Crippen LogP contribution in [0.25, 0.3) is 0 Å². The molecule has 0 bridgehead atoms. The molecule has 0 atom stereocenters. The molecule has 1 saturated heterocycles. The summed E-state index contributed by atoms with van der Waals surface area (Å²) in [4.78, 5) is 20.5. The van der Waals surface area contributed by atoms with Crippen molar-refractivity contribution in [3.63, 3.8) is 0 Å². The lowest BCUT2D eigenvalue weighted by molar-refractivity contribution is -0.130. The molecule has 1 aliphatic heterocycles. The normalized spacial score (nSPS) is 19.6. The fourth-order valence-corrected chi connectivity index (χ4v) is 2.36. The van der Waals surface area contributed by atoms with E-state index in [1.807, 2.05) is 29.3 Å². The molecule has 0 aromatic carbocycles. The van der Waals surface area contributed by atoms with Crippen molar-refractivity contribution in [3.05, 3.63) is 24.4 Å². The van der Waals surface area contributed by atoms with Gasteiger partial charge in [0, 0.05) is 38.4 Å². The molecule has 19 heavy (non-hydrogen) atoms. The Morgan fingerprint density at radius 3 is 2.68 bits per heavy atom. The predicted molar refractivity (Wildman–Crippen MR) is 74.1 cm³/mol. The van der Waals surface area contributed by atoms with Crippen molar-refractivity contribution in [2.45, 2.75) is 18.9 Å². The Morgan fingerprint density at radius 2 is 2.05 bits per heavy atom. The van der Waals surface area contributed by atoms with E-state index in [1.165, 1.54) is 12.8 Å². The van der Waals surface area contributed by atoms with Crippen LogP contribution in [0.5, 0.6) is 0 Å². The van der Waals surface area contributed by atoms with E-state index >= 15 is 0 Å². The Balaban J connectivity index is 1.47. The number of anilines is 1. The summed E-state index contributed by atoms with van der Waals surface area (Å²) < 4.78 is 0. The van der Waals surface area contributed by atoms with Gasteiger partial charge in [0.1, 0.15) is 5.82 Å². The first-order valence-corrected chi connectivity index (χ1v) is 7.00. The van der Waals surface area contributed by atoms with Crippen molar-refractivity contribution < 1.29 is 4.79 Å². The van der Waals surface area contributed by atoms with E-state index in [0.29, 0.717) is 12.6 Å². The van der Waals surface area contributed by atoms with E-state index in [9.17, 15) is 4.79 Å². The van der Waals surface area contributed by atoms with Gasteiger partial charge in [0.25, 0.3) is 0 Å².